The van der Waals surface area contributed by atoms with Crippen LogP contribution in [0, 0.1) is 5.92 Å². The zero-order chi connectivity index (χ0) is 48.1. The lowest BCUT2D eigenvalue weighted by atomic mass is 10.0. The molecular formula is C60H116O6. The van der Waals surface area contributed by atoms with Crippen LogP contribution in [0.25, 0.3) is 0 Å². The summed E-state index contributed by atoms with van der Waals surface area (Å²) in [5.74, 6) is 0.0156. The predicted octanol–water partition coefficient (Wildman–Crippen LogP) is 19.8. The van der Waals surface area contributed by atoms with E-state index in [-0.39, 0.29) is 31.1 Å². The predicted molar refractivity (Wildman–Crippen MR) is 284 cm³/mol. The maximum Gasteiger partial charge on any atom is 0.306 e. The van der Waals surface area contributed by atoms with Gasteiger partial charge in [0.05, 0.1) is 0 Å². The first-order valence-electron chi connectivity index (χ1n) is 29.9. The van der Waals surface area contributed by atoms with Gasteiger partial charge in [0.25, 0.3) is 0 Å². The molecule has 6 nitrogen and oxygen atoms in total. The molecule has 0 aliphatic carbocycles. The lowest BCUT2D eigenvalue weighted by molar-refractivity contribution is -0.167. The summed E-state index contributed by atoms with van der Waals surface area (Å²) in [5.41, 5.74) is 0. The van der Waals surface area contributed by atoms with Gasteiger partial charge in [0, 0.05) is 19.3 Å². The van der Waals surface area contributed by atoms with Crippen LogP contribution in [0.5, 0.6) is 0 Å². The van der Waals surface area contributed by atoms with Crippen LogP contribution < -0.4 is 0 Å². The molecule has 0 aromatic heterocycles. The molecule has 0 unspecified atom stereocenters. The second kappa shape index (κ2) is 54.4. The van der Waals surface area contributed by atoms with Crippen LogP contribution in [-0.2, 0) is 28.6 Å². The molecule has 0 N–H and O–H groups in total. The zero-order valence-electron chi connectivity index (χ0n) is 45.2. The summed E-state index contributed by atoms with van der Waals surface area (Å²) < 4.78 is 16.9. The van der Waals surface area contributed by atoms with E-state index in [0.29, 0.717) is 19.3 Å². The van der Waals surface area contributed by atoms with Crippen molar-refractivity contribution in [2.75, 3.05) is 13.2 Å². The number of unbranched alkanes of at least 4 members (excludes halogenated alkanes) is 42. The lowest BCUT2D eigenvalue weighted by Gasteiger charge is -2.18. The first-order valence-corrected chi connectivity index (χ1v) is 29.9. The van der Waals surface area contributed by atoms with Crippen molar-refractivity contribution in [3.05, 3.63) is 0 Å². The maximum atomic E-state index is 12.9. The van der Waals surface area contributed by atoms with Crippen molar-refractivity contribution in [2.24, 2.45) is 5.92 Å². The largest absolute Gasteiger partial charge is 0.462 e. The summed E-state index contributed by atoms with van der Waals surface area (Å²) in [6, 6.07) is 0. The highest BCUT2D eigenvalue weighted by molar-refractivity contribution is 5.71. The van der Waals surface area contributed by atoms with Crippen LogP contribution in [0.4, 0.5) is 0 Å². The third-order valence-electron chi connectivity index (χ3n) is 13.8. The fourth-order valence-electron chi connectivity index (χ4n) is 9.28. The van der Waals surface area contributed by atoms with E-state index in [1.54, 1.807) is 0 Å². The fourth-order valence-corrected chi connectivity index (χ4v) is 9.28. The molecule has 66 heavy (non-hydrogen) atoms. The van der Waals surface area contributed by atoms with E-state index < -0.39 is 6.10 Å². The molecule has 0 aliphatic rings. The van der Waals surface area contributed by atoms with Crippen LogP contribution in [0.2, 0.25) is 0 Å². The second-order valence-corrected chi connectivity index (χ2v) is 21.1. The minimum absolute atomic E-state index is 0.0615. The van der Waals surface area contributed by atoms with Gasteiger partial charge < -0.3 is 14.2 Å². The van der Waals surface area contributed by atoms with Crippen LogP contribution in [0.3, 0.4) is 0 Å². The van der Waals surface area contributed by atoms with Crippen molar-refractivity contribution >= 4 is 17.9 Å². The van der Waals surface area contributed by atoms with Gasteiger partial charge in [-0.25, -0.2) is 0 Å². The van der Waals surface area contributed by atoms with Gasteiger partial charge in [-0.3, -0.25) is 14.4 Å². The van der Waals surface area contributed by atoms with Gasteiger partial charge >= 0.3 is 17.9 Å². The van der Waals surface area contributed by atoms with E-state index in [1.165, 1.54) is 238 Å². The number of hydrogen-bond donors (Lipinski definition) is 0. The monoisotopic (exact) mass is 933 g/mol. The molecule has 0 spiro atoms. The molecule has 0 aliphatic heterocycles. The van der Waals surface area contributed by atoms with Gasteiger partial charge in [0.15, 0.2) is 6.10 Å². The van der Waals surface area contributed by atoms with Crippen molar-refractivity contribution in [2.45, 2.75) is 348 Å². The first kappa shape index (κ1) is 64.4. The van der Waals surface area contributed by atoms with E-state index in [1.807, 2.05) is 0 Å². The average molecular weight is 934 g/mol. The Bertz CT molecular complexity index is 996. The minimum atomic E-state index is -0.762. The molecule has 0 aromatic rings. The fraction of sp³-hybridized carbons (Fsp3) is 0.950. The highest BCUT2D eigenvalue weighted by Gasteiger charge is 2.19. The summed E-state index contributed by atoms with van der Waals surface area (Å²) in [5, 5.41) is 0. The van der Waals surface area contributed by atoms with Crippen molar-refractivity contribution in [3.63, 3.8) is 0 Å². The molecule has 0 aromatic carbocycles. The molecule has 392 valence electrons. The Morgan fingerprint density at radius 2 is 0.500 bits per heavy atom. The zero-order valence-corrected chi connectivity index (χ0v) is 45.2. The molecule has 0 saturated heterocycles. The Balaban J connectivity index is 4.28. The van der Waals surface area contributed by atoms with E-state index in [2.05, 4.69) is 27.7 Å². The molecule has 0 heterocycles. The van der Waals surface area contributed by atoms with Crippen LogP contribution >= 0.6 is 0 Å². The van der Waals surface area contributed by atoms with Gasteiger partial charge in [-0.05, 0) is 25.2 Å². The number of esters is 3. The average Bonchev–Trinajstić information content (AvgIpc) is 3.30. The van der Waals surface area contributed by atoms with Crippen molar-refractivity contribution < 1.29 is 28.6 Å². The summed E-state index contributed by atoms with van der Waals surface area (Å²) in [4.78, 5) is 38.2. The van der Waals surface area contributed by atoms with Crippen LogP contribution in [0.1, 0.15) is 342 Å². The quantitative estimate of drug-likeness (QED) is 0.0343. The summed E-state index contributed by atoms with van der Waals surface area (Å²) in [6.45, 7) is 9.08. The number of carbonyl (C=O) groups excluding carboxylic acids is 3. The number of rotatable bonds is 55. The highest BCUT2D eigenvalue weighted by Crippen LogP contribution is 2.18. The standard InChI is InChI=1S/C60H116O6/c1-5-7-9-11-13-15-17-19-20-21-24-28-32-36-40-44-48-52-59(62)65-55-57(54-64-58(61)51-47-43-39-35-31-26-18-16-14-12-10-8-6-2)66-60(63)53-49-45-41-37-33-29-25-22-23-27-30-34-38-42-46-50-56(3)4/h56-57H,5-55H2,1-4H3/t57-/m1/s1. The Morgan fingerprint density at radius 3 is 0.742 bits per heavy atom. The van der Waals surface area contributed by atoms with Crippen molar-refractivity contribution in [1.29, 1.82) is 0 Å². The Kier molecular flexibility index (Phi) is 53.0. The molecule has 0 saturated carbocycles. The smallest absolute Gasteiger partial charge is 0.306 e. The van der Waals surface area contributed by atoms with E-state index in [9.17, 15) is 14.4 Å². The van der Waals surface area contributed by atoms with Crippen LogP contribution in [0.15, 0.2) is 0 Å². The Labute approximate surface area is 412 Å². The first-order chi connectivity index (χ1) is 32.4. The third-order valence-corrected chi connectivity index (χ3v) is 13.8. The molecule has 0 fully saturated rings. The van der Waals surface area contributed by atoms with Gasteiger partial charge in [-0.2, -0.15) is 0 Å². The molecule has 0 amide bonds. The number of hydrogen-bond acceptors (Lipinski definition) is 6. The highest BCUT2D eigenvalue weighted by atomic mass is 16.6. The van der Waals surface area contributed by atoms with Crippen molar-refractivity contribution in [3.8, 4) is 0 Å². The molecule has 0 bridgehead atoms. The van der Waals surface area contributed by atoms with E-state index in [0.717, 1.165) is 63.7 Å². The Morgan fingerprint density at radius 1 is 0.288 bits per heavy atom. The summed E-state index contributed by atoms with van der Waals surface area (Å²) in [7, 11) is 0. The molecular weight excluding hydrogens is 817 g/mol. The van der Waals surface area contributed by atoms with Gasteiger partial charge in [-0.15, -0.1) is 0 Å². The van der Waals surface area contributed by atoms with Gasteiger partial charge in [0.1, 0.15) is 13.2 Å². The minimum Gasteiger partial charge on any atom is -0.462 e. The van der Waals surface area contributed by atoms with Crippen molar-refractivity contribution in [1.82, 2.24) is 0 Å². The van der Waals surface area contributed by atoms with Gasteiger partial charge in [-0.1, -0.05) is 304 Å². The van der Waals surface area contributed by atoms with E-state index >= 15 is 0 Å². The second-order valence-electron chi connectivity index (χ2n) is 21.1. The number of ether oxygens (including phenoxy) is 3. The third kappa shape index (κ3) is 53.4. The molecule has 1 atom stereocenters. The number of carbonyl (C=O) groups is 3. The topological polar surface area (TPSA) is 78.9 Å². The summed E-state index contributed by atoms with van der Waals surface area (Å²) in [6.07, 6.45) is 59.5. The lowest BCUT2D eigenvalue weighted by Crippen LogP contribution is -2.30. The normalized spacial score (nSPS) is 12.0. The van der Waals surface area contributed by atoms with E-state index in [4.69, 9.17) is 14.2 Å². The van der Waals surface area contributed by atoms with Crippen LogP contribution in [-0.4, -0.2) is 37.2 Å². The summed E-state index contributed by atoms with van der Waals surface area (Å²) >= 11 is 0. The molecule has 0 rings (SSSR count). The molecule has 6 heteroatoms. The maximum absolute atomic E-state index is 12.9. The van der Waals surface area contributed by atoms with Gasteiger partial charge in [0.2, 0.25) is 0 Å². The molecule has 0 radical (unpaired) electrons. The SMILES string of the molecule is CCCCCCCCCCCCCCCCCCCC(=O)OC[C@@H](COC(=O)CCCCCCCCCCCCCCC)OC(=O)CCCCCCCCCCCCCCCCCC(C)C. The Hall–Kier alpha value is -1.59.